The van der Waals surface area contributed by atoms with Crippen LogP contribution in [0.1, 0.15) is 33.1 Å². The van der Waals surface area contributed by atoms with Crippen molar-refractivity contribution in [2.75, 3.05) is 39.5 Å². The molecule has 1 saturated carbocycles. The summed E-state index contributed by atoms with van der Waals surface area (Å²) in [7, 11) is 0. The molecule has 0 radical (unpaired) electrons. The number of morpholine rings is 1. The van der Waals surface area contributed by atoms with Crippen LogP contribution in [-0.4, -0.2) is 62.0 Å². The van der Waals surface area contributed by atoms with E-state index in [2.05, 4.69) is 4.90 Å². The Morgan fingerprint density at radius 1 is 1.26 bits per heavy atom. The maximum atomic E-state index is 11.8. The maximum absolute atomic E-state index is 11.8. The molecular formula is C14H25NO4. The fourth-order valence-electron chi connectivity index (χ4n) is 3.17. The zero-order valence-electron chi connectivity index (χ0n) is 12.0. The van der Waals surface area contributed by atoms with Gasteiger partial charge in [0.15, 0.2) is 0 Å². The number of hydrogen-bond donors (Lipinski definition) is 0. The molecule has 19 heavy (non-hydrogen) atoms. The first-order chi connectivity index (χ1) is 9.20. The maximum Gasteiger partial charge on any atom is 0.307 e. The molecule has 2 aliphatic rings. The van der Waals surface area contributed by atoms with Crippen LogP contribution >= 0.6 is 0 Å². The van der Waals surface area contributed by atoms with Crippen LogP contribution in [0.5, 0.6) is 0 Å². The van der Waals surface area contributed by atoms with Gasteiger partial charge in [-0.15, -0.1) is 0 Å². The fourth-order valence-corrected chi connectivity index (χ4v) is 3.17. The van der Waals surface area contributed by atoms with Crippen LogP contribution in [0, 0.1) is 0 Å². The van der Waals surface area contributed by atoms with Crippen LogP contribution in [0.15, 0.2) is 0 Å². The minimum atomic E-state index is -0.0936. The smallest absolute Gasteiger partial charge is 0.307 e. The van der Waals surface area contributed by atoms with Gasteiger partial charge < -0.3 is 14.2 Å². The Labute approximate surface area is 115 Å². The number of ether oxygens (including phenoxy) is 3. The Kier molecular flexibility index (Phi) is 5.19. The molecule has 2 fully saturated rings. The Hall–Kier alpha value is -0.650. The Balaban J connectivity index is 1.95. The fraction of sp³-hybridized carbons (Fsp3) is 0.929. The van der Waals surface area contributed by atoms with Crippen LogP contribution in [0.3, 0.4) is 0 Å². The predicted molar refractivity (Wildman–Crippen MR) is 71.0 cm³/mol. The van der Waals surface area contributed by atoms with E-state index < -0.39 is 0 Å². The molecule has 0 aromatic carbocycles. The number of carbonyl (C=O) groups excluding carboxylic acids is 1. The van der Waals surface area contributed by atoms with Crippen LogP contribution < -0.4 is 0 Å². The average Bonchev–Trinajstić information content (AvgIpc) is 2.37. The Morgan fingerprint density at radius 3 is 2.53 bits per heavy atom. The predicted octanol–water partition coefficient (Wildman–Crippen LogP) is 1.21. The molecule has 2 rings (SSSR count). The van der Waals surface area contributed by atoms with Crippen molar-refractivity contribution in [2.45, 2.75) is 44.8 Å². The summed E-state index contributed by atoms with van der Waals surface area (Å²) in [6.45, 7) is 8.36. The van der Waals surface area contributed by atoms with Crippen LogP contribution in [-0.2, 0) is 19.0 Å². The average molecular weight is 271 g/mol. The SMILES string of the molecule is CCOC(=O)CC1(N2CCOCC2)CC(OCC)C1. The minimum absolute atomic E-state index is 0.0597. The highest BCUT2D eigenvalue weighted by molar-refractivity contribution is 5.71. The van der Waals surface area contributed by atoms with Crippen molar-refractivity contribution < 1.29 is 19.0 Å². The third-order valence-corrected chi connectivity index (χ3v) is 4.08. The second-order valence-electron chi connectivity index (χ2n) is 5.29. The number of rotatable bonds is 6. The van der Waals surface area contributed by atoms with E-state index in [1.54, 1.807) is 0 Å². The molecule has 1 saturated heterocycles. The third kappa shape index (κ3) is 3.46. The molecule has 110 valence electrons. The summed E-state index contributed by atoms with van der Waals surface area (Å²) in [6, 6.07) is 0. The molecule has 0 spiro atoms. The molecule has 0 N–H and O–H groups in total. The van der Waals surface area contributed by atoms with Crippen molar-refractivity contribution in [3.8, 4) is 0 Å². The molecule has 0 atom stereocenters. The number of hydrogen-bond acceptors (Lipinski definition) is 5. The lowest BCUT2D eigenvalue weighted by atomic mass is 9.70. The number of esters is 1. The molecule has 0 amide bonds. The third-order valence-electron chi connectivity index (χ3n) is 4.08. The molecule has 1 heterocycles. The summed E-state index contributed by atoms with van der Waals surface area (Å²) in [4.78, 5) is 14.2. The van der Waals surface area contributed by atoms with Crippen molar-refractivity contribution in [1.29, 1.82) is 0 Å². The number of carbonyl (C=O) groups is 1. The second-order valence-corrected chi connectivity index (χ2v) is 5.29. The minimum Gasteiger partial charge on any atom is -0.466 e. The second kappa shape index (κ2) is 6.68. The number of nitrogens with zero attached hydrogens (tertiary/aromatic N) is 1. The van der Waals surface area contributed by atoms with Gasteiger partial charge in [-0.25, -0.2) is 0 Å². The zero-order chi connectivity index (χ0) is 13.7. The van der Waals surface area contributed by atoms with Gasteiger partial charge in [-0.05, 0) is 26.7 Å². The summed E-state index contributed by atoms with van der Waals surface area (Å²) >= 11 is 0. The molecule has 0 aromatic heterocycles. The van der Waals surface area contributed by atoms with E-state index in [1.165, 1.54) is 0 Å². The highest BCUT2D eigenvalue weighted by Gasteiger charge is 2.50. The molecule has 1 aliphatic carbocycles. The van der Waals surface area contributed by atoms with Crippen molar-refractivity contribution in [3.63, 3.8) is 0 Å². The Bertz CT molecular complexity index is 296. The highest BCUT2D eigenvalue weighted by Crippen LogP contribution is 2.43. The first-order valence-corrected chi connectivity index (χ1v) is 7.30. The van der Waals surface area contributed by atoms with Gasteiger partial charge in [0.1, 0.15) is 0 Å². The quantitative estimate of drug-likeness (QED) is 0.680. The van der Waals surface area contributed by atoms with E-state index in [0.717, 1.165) is 45.8 Å². The van der Waals surface area contributed by atoms with Gasteiger partial charge in [-0.2, -0.15) is 0 Å². The van der Waals surface area contributed by atoms with Gasteiger partial charge >= 0.3 is 5.97 Å². The molecule has 0 unspecified atom stereocenters. The first-order valence-electron chi connectivity index (χ1n) is 7.30. The van der Waals surface area contributed by atoms with E-state index in [1.807, 2.05) is 13.8 Å². The van der Waals surface area contributed by atoms with Crippen molar-refractivity contribution >= 4 is 5.97 Å². The van der Waals surface area contributed by atoms with E-state index in [0.29, 0.717) is 19.1 Å². The Morgan fingerprint density at radius 2 is 1.95 bits per heavy atom. The van der Waals surface area contributed by atoms with E-state index in [9.17, 15) is 4.79 Å². The largest absolute Gasteiger partial charge is 0.466 e. The van der Waals surface area contributed by atoms with Gasteiger partial charge in [-0.3, -0.25) is 9.69 Å². The molecular weight excluding hydrogens is 246 g/mol. The van der Waals surface area contributed by atoms with Gasteiger partial charge in [-0.1, -0.05) is 0 Å². The van der Waals surface area contributed by atoms with Crippen LogP contribution in [0.2, 0.25) is 0 Å². The lowest BCUT2D eigenvalue weighted by Gasteiger charge is -2.54. The van der Waals surface area contributed by atoms with Crippen LogP contribution in [0.25, 0.3) is 0 Å². The summed E-state index contributed by atoms with van der Waals surface area (Å²) in [5.41, 5.74) is -0.0597. The topological polar surface area (TPSA) is 48.0 Å². The normalized spacial score (nSPS) is 31.8. The van der Waals surface area contributed by atoms with Gasteiger partial charge in [0.2, 0.25) is 0 Å². The van der Waals surface area contributed by atoms with Gasteiger partial charge in [0.25, 0.3) is 0 Å². The molecule has 0 bridgehead atoms. The molecule has 1 aliphatic heterocycles. The summed E-state index contributed by atoms with van der Waals surface area (Å²) in [6.07, 6.45) is 2.63. The van der Waals surface area contributed by atoms with Crippen LogP contribution in [0.4, 0.5) is 0 Å². The molecule has 5 nitrogen and oxygen atoms in total. The van der Waals surface area contributed by atoms with Crippen molar-refractivity contribution in [1.82, 2.24) is 4.90 Å². The standard InChI is InChI=1S/C14H25NO4/c1-3-18-12-9-14(10-12,11-13(16)19-4-2)15-5-7-17-8-6-15/h12H,3-11H2,1-2H3. The lowest BCUT2D eigenvalue weighted by molar-refractivity contribution is -0.161. The van der Waals surface area contributed by atoms with Crippen molar-refractivity contribution in [3.05, 3.63) is 0 Å². The van der Waals surface area contributed by atoms with Gasteiger partial charge in [0, 0.05) is 25.2 Å². The van der Waals surface area contributed by atoms with Gasteiger partial charge in [0.05, 0.1) is 32.3 Å². The summed E-state index contributed by atoms with van der Waals surface area (Å²) < 4.78 is 16.2. The zero-order valence-corrected chi connectivity index (χ0v) is 12.0. The first kappa shape index (κ1) is 14.8. The van der Waals surface area contributed by atoms with E-state index in [-0.39, 0.29) is 11.5 Å². The van der Waals surface area contributed by atoms with E-state index >= 15 is 0 Å². The molecule has 5 heteroatoms. The van der Waals surface area contributed by atoms with E-state index in [4.69, 9.17) is 14.2 Å². The lowest BCUT2D eigenvalue weighted by Crippen LogP contribution is -2.63. The highest BCUT2D eigenvalue weighted by atomic mass is 16.5. The summed E-state index contributed by atoms with van der Waals surface area (Å²) in [5, 5.41) is 0. The summed E-state index contributed by atoms with van der Waals surface area (Å²) in [5.74, 6) is -0.0936. The molecule has 0 aromatic rings. The monoisotopic (exact) mass is 271 g/mol. The van der Waals surface area contributed by atoms with Crippen molar-refractivity contribution in [2.24, 2.45) is 0 Å².